The topological polar surface area (TPSA) is 20.2 Å². The first-order chi connectivity index (χ1) is 7.03. The summed E-state index contributed by atoms with van der Waals surface area (Å²) in [6.45, 7) is 6.22. The van der Waals surface area contributed by atoms with E-state index in [0.717, 1.165) is 6.42 Å². The van der Waals surface area contributed by atoms with Crippen LogP contribution in [0.1, 0.15) is 36.5 Å². The van der Waals surface area contributed by atoms with Gasteiger partial charge < -0.3 is 5.11 Å². The largest absolute Gasteiger partial charge is 0.393 e. The molecule has 1 aliphatic rings. The van der Waals surface area contributed by atoms with Gasteiger partial charge in [0.1, 0.15) is 0 Å². The molecule has 1 atom stereocenters. The third kappa shape index (κ3) is 2.07. The first-order valence-corrected chi connectivity index (χ1v) is 5.78. The number of hydrogen-bond donors (Lipinski definition) is 1. The van der Waals surface area contributed by atoms with Gasteiger partial charge in [0.25, 0.3) is 0 Å². The highest BCUT2D eigenvalue weighted by atomic mass is 16.3. The molecular weight excluding hydrogens is 184 g/mol. The predicted molar refractivity (Wildman–Crippen MR) is 63.0 cm³/mol. The van der Waals surface area contributed by atoms with E-state index in [4.69, 9.17) is 0 Å². The standard InChI is InChI=1S/C14H20O/c1-10-4-5-11(2)13(8-10)9-14(6-7-14)12(3)15/h4-5,8,12,15H,6-7,9H2,1-3H3. The second-order valence-corrected chi connectivity index (χ2v) is 5.15. The van der Waals surface area contributed by atoms with Gasteiger partial charge in [-0.2, -0.15) is 0 Å². The molecule has 82 valence electrons. The smallest absolute Gasteiger partial charge is 0.0571 e. The van der Waals surface area contributed by atoms with Crippen LogP contribution in [0.15, 0.2) is 18.2 Å². The Labute approximate surface area is 92.1 Å². The molecule has 1 aliphatic carbocycles. The summed E-state index contributed by atoms with van der Waals surface area (Å²) >= 11 is 0. The maximum Gasteiger partial charge on any atom is 0.0571 e. The van der Waals surface area contributed by atoms with Gasteiger partial charge in [0.05, 0.1) is 6.10 Å². The maximum absolute atomic E-state index is 9.76. The van der Waals surface area contributed by atoms with E-state index in [-0.39, 0.29) is 11.5 Å². The molecular formula is C14H20O. The summed E-state index contributed by atoms with van der Waals surface area (Å²) in [5, 5.41) is 9.76. The van der Waals surface area contributed by atoms with E-state index in [1.165, 1.54) is 29.5 Å². The highest BCUT2D eigenvalue weighted by Crippen LogP contribution is 2.51. The predicted octanol–water partition coefficient (Wildman–Crippen LogP) is 3.01. The van der Waals surface area contributed by atoms with Crippen LogP contribution < -0.4 is 0 Å². The first-order valence-electron chi connectivity index (χ1n) is 5.78. The average Bonchev–Trinajstić information content (AvgIpc) is 2.92. The average molecular weight is 204 g/mol. The van der Waals surface area contributed by atoms with Crippen molar-refractivity contribution in [1.82, 2.24) is 0 Å². The second-order valence-electron chi connectivity index (χ2n) is 5.15. The lowest BCUT2D eigenvalue weighted by Gasteiger charge is -2.20. The second kappa shape index (κ2) is 3.64. The molecule has 1 saturated carbocycles. The van der Waals surface area contributed by atoms with Gasteiger partial charge >= 0.3 is 0 Å². The third-order valence-corrected chi connectivity index (χ3v) is 3.83. The zero-order chi connectivity index (χ0) is 11.1. The van der Waals surface area contributed by atoms with Crippen LogP contribution >= 0.6 is 0 Å². The Balaban J connectivity index is 2.21. The lowest BCUT2D eigenvalue weighted by molar-refractivity contribution is 0.110. The van der Waals surface area contributed by atoms with Crippen molar-refractivity contribution >= 4 is 0 Å². The van der Waals surface area contributed by atoms with Gasteiger partial charge in [-0.3, -0.25) is 0 Å². The Morgan fingerprint density at radius 2 is 2.00 bits per heavy atom. The Kier molecular flexibility index (Phi) is 2.59. The molecule has 1 unspecified atom stereocenters. The van der Waals surface area contributed by atoms with Gasteiger partial charge in [0, 0.05) is 5.41 Å². The van der Waals surface area contributed by atoms with Crippen LogP contribution in [0, 0.1) is 19.3 Å². The lowest BCUT2D eigenvalue weighted by atomic mass is 9.89. The van der Waals surface area contributed by atoms with E-state index < -0.39 is 0 Å². The molecule has 1 fully saturated rings. The highest BCUT2D eigenvalue weighted by molar-refractivity contribution is 5.32. The quantitative estimate of drug-likeness (QED) is 0.802. The zero-order valence-corrected chi connectivity index (χ0v) is 9.88. The molecule has 1 aromatic rings. The summed E-state index contributed by atoms with van der Waals surface area (Å²) in [4.78, 5) is 0. The molecule has 0 saturated heterocycles. The number of benzene rings is 1. The monoisotopic (exact) mass is 204 g/mol. The Morgan fingerprint density at radius 1 is 1.33 bits per heavy atom. The molecule has 0 aliphatic heterocycles. The number of rotatable bonds is 3. The van der Waals surface area contributed by atoms with Crippen molar-refractivity contribution in [2.24, 2.45) is 5.41 Å². The van der Waals surface area contributed by atoms with Crippen LogP contribution in [0.4, 0.5) is 0 Å². The van der Waals surface area contributed by atoms with E-state index in [9.17, 15) is 5.11 Å². The Hall–Kier alpha value is -0.820. The highest BCUT2D eigenvalue weighted by Gasteiger charge is 2.46. The van der Waals surface area contributed by atoms with Gasteiger partial charge in [-0.15, -0.1) is 0 Å². The fourth-order valence-electron chi connectivity index (χ4n) is 2.27. The number of aliphatic hydroxyl groups excluding tert-OH is 1. The molecule has 0 aromatic heterocycles. The molecule has 1 N–H and O–H groups in total. The Morgan fingerprint density at radius 3 is 2.53 bits per heavy atom. The zero-order valence-electron chi connectivity index (χ0n) is 9.88. The molecule has 0 radical (unpaired) electrons. The van der Waals surface area contributed by atoms with E-state index in [1.54, 1.807) is 0 Å². The molecule has 0 heterocycles. The minimum atomic E-state index is -0.169. The third-order valence-electron chi connectivity index (χ3n) is 3.83. The van der Waals surface area contributed by atoms with Crippen LogP contribution in [0.5, 0.6) is 0 Å². The lowest BCUT2D eigenvalue weighted by Crippen LogP contribution is -2.21. The summed E-state index contributed by atoms with van der Waals surface area (Å²) in [5.74, 6) is 0. The van der Waals surface area contributed by atoms with E-state index in [2.05, 4.69) is 32.0 Å². The SMILES string of the molecule is Cc1ccc(C)c(CC2(C(C)O)CC2)c1. The first kappa shape index (κ1) is 10.7. The summed E-state index contributed by atoms with van der Waals surface area (Å²) in [6.07, 6.45) is 3.23. The van der Waals surface area contributed by atoms with Gasteiger partial charge in [-0.1, -0.05) is 23.8 Å². The molecule has 1 nitrogen and oxygen atoms in total. The van der Waals surface area contributed by atoms with Gasteiger partial charge in [0.2, 0.25) is 0 Å². The van der Waals surface area contributed by atoms with Crippen molar-refractivity contribution in [1.29, 1.82) is 0 Å². The van der Waals surface area contributed by atoms with Crippen LogP contribution in [-0.4, -0.2) is 11.2 Å². The molecule has 1 aromatic carbocycles. The fourth-order valence-corrected chi connectivity index (χ4v) is 2.27. The number of aliphatic hydroxyl groups is 1. The Bertz CT molecular complexity index is 362. The fraction of sp³-hybridized carbons (Fsp3) is 0.571. The summed E-state index contributed by atoms with van der Waals surface area (Å²) in [5.41, 5.74) is 4.27. The van der Waals surface area contributed by atoms with Crippen LogP contribution in [0.3, 0.4) is 0 Å². The van der Waals surface area contributed by atoms with Crippen LogP contribution in [-0.2, 0) is 6.42 Å². The van der Waals surface area contributed by atoms with E-state index in [1.807, 2.05) is 6.92 Å². The van der Waals surface area contributed by atoms with Crippen LogP contribution in [0.2, 0.25) is 0 Å². The van der Waals surface area contributed by atoms with Crippen molar-refractivity contribution in [2.75, 3.05) is 0 Å². The van der Waals surface area contributed by atoms with Crippen molar-refractivity contribution < 1.29 is 5.11 Å². The molecule has 1 heteroatoms. The summed E-state index contributed by atoms with van der Waals surface area (Å²) in [6, 6.07) is 6.60. The molecule has 2 rings (SSSR count). The molecule has 0 amide bonds. The van der Waals surface area contributed by atoms with E-state index in [0.29, 0.717) is 0 Å². The number of aryl methyl sites for hydroxylation is 2. The van der Waals surface area contributed by atoms with Gasteiger partial charge in [-0.05, 0) is 51.2 Å². The van der Waals surface area contributed by atoms with Crippen molar-refractivity contribution in [3.63, 3.8) is 0 Å². The molecule has 15 heavy (non-hydrogen) atoms. The van der Waals surface area contributed by atoms with Crippen molar-refractivity contribution in [3.05, 3.63) is 34.9 Å². The number of hydrogen-bond acceptors (Lipinski definition) is 1. The van der Waals surface area contributed by atoms with E-state index >= 15 is 0 Å². The minimum Gasteiger partial charge on any atom is -0.393 e. The normalized spacial score (nSPS) is 20.0. The summed E-state index contributed by atoms with van der Waals surface area (Å²) in [7, 11) is 0. The van der Waals surface area contributed by atoms with Gasteiger partial charge in [-0.25, -0.2) is 0 Å². The van der Waals surface area contributed by atoms with Crippen LogP contribution in [0.25, 0.3) is 0 Å². The van der Waals surface area contributed by atoms with Gasteiger partial charge in [0.15, 0.2) is 0 Å². The molecule has 0 bridgehead atoms. The van der Waals surface area contributed by atoms with Crippen molar-refractivity contribution in [3.8, 4) is 0 Å². The van der Waals surface area contributed by atoms with Crippen molar-refractivity contribution in [2.45, 2.75) is 46.1 Å². The maximum atomic E-state index is 9.76. The summed E-state index contributed by atoms with van der Waals surface area (Å²) < 4.78 is 0. The molecule has 0 spiro atoms. The minimum absolute atomic E-state index is 0.169.